The quantitative estimate of drug-likeness (QED) is 0.519. The maximum Gasteiger partial charge on any atom is 0.280 e. The van der Waals surface area contributed by atoms with E-state index in [9.17, 15) is 13.6 Å². The fraction of sp³-hybridized carbons (Fsp3) is 0.136. The highest BCUT2D eigenvalue weighted by molar-refractivity contribution is 6.03. The van der Waals surface area contributed by atoms with Crippen LogP contribution < -0.4 is 5.32 Å². The summed E-state index contributed by atoms with van der Waals surface area (Å²) in [7, 11) is 0. The van der Waals surface area contributed by atoms with Crippen LogP contribution in [0.5, 0.6) is 0 Å². The third-order valence-electron chi connectivity index (χ3n) is 4.75. The van der Waals surface area contributed by atoms with Crippen molar-refractivity contribution in [3.63, 3.8) is 0 Å². The van der Waals surface area contributed by atoms with Crippen LogP contribution in [0.4, 0.5) is 14.5 Å². The molecule has 1 amide bonds. The number of benzene rings is 2. The van der Waals surface area contributed by atoms with E-state index >= 15 is 0 Å². The number of carbonyl (C=O) groups is 1. The van der Waals surface area contributed by atoms with Crippen LogP contribution in [0, 0.1) is 13.8 Å². The van der Waals surface area contributed by atoms with Gasteiger partial charge in [0.15, 0.2) is 11.3 Å². The molecule has 0 saturated carbocycles. The maximum absolute atomic E-state index is 13.6. The number of aromatic nitrogens is 3. The average Bonchev–Trinajstić information content (AvgIpc) is 3.15. The molecule has 4 rings (SSSR count). The second-order valence-corrected chi connectivity index (χ2v) is 6.79. The highest BCUT2D eigenvalue weighted by Gasteiger charge is 2.20. The second-order valence-electron chi connectivity index (χ2n) is 6.79. The topological polar surface area (TPSA) is 59.3 Å². The number of hydrogen-bond donors (Lipinski definition) is 1. The van der Waals surface area contributed by atoms with Gasteiger partial charge in [-0.1, -0.05) is 36.4 Å². The van der Waals surface area contributed by atoms with Gasteiger partial charge in [-0.15, -0.1) is 0 Å². The maximum atomic E-state index is 13.6. The minimum absolute atomic E-state index is 0.0165. The van der Waals surface area contributed by atoms with E-state index in [0.717, 1.165) is 15.6 Å². The number of nitrogens with one attached hydrogen (secondary N) is 1. The Morgan fingerprint density at radius 3 is 2.45 bits per heavy atom. The van der Waals surface area contributed by atoms with E-state index in [1.54, 1.807) is 18.2 Å². The summed E-state index contributed by atoms with van der Waals surface area (Å²) in [6, 6.07) is 17.3. The van der Waals surface area contributed by atoms with Crippen molar-refractivity contribution in [2.75, 3.05) is 5.32 Å². The molecule has 0 bridgehead atoms. The lowest BCUT2D eigenvalue weighted by Crippen LogP contribution is -2.13. The van der Waals surface area contributed by atoms with Crippen molar-refractivity contribution in [1.29, 1.82) is 0 Å². The van der Waals surface area contributed by atoms with Crippen molar-refractivity contribution >= 4 is 17.2 Å². The first-order valence-electron chi connectivity index (χ1n) is 9.05. The Morgan fingerprint density at radius 1 is 1.00 bits per heavy atom. The molecule has 4 aromatic rings. The third-order valence-corrected chi connectivity index (χ3v) is 4.75. The Balaban J connectivity index is 1.73. The van der Waals surface area contributed by atoms with Gasteiger partial charge in [0.1, 0.15) is 5.69 Å². The van der Waals surface area contributed by atoms with Gasteiger partial charge in [-0.25, -0.2) is 18.3 Å². The molecule has 0 fully saturated rings. The van der Waals surface area contributed by atoms with Crippen molar-refractivity contribution in [2.45, 2.75) is 20.3 Å². The molecule has 7 heteroatoms. The number of anilines is 1. The number of halogens is 2. The lowest BCUT2D eigenvalue weighted by Gasteiger charge is -2.07. The Kier molecular flexibility index (Phi) is 4.80. The summed E-state index contributed by atoms with van der Waals surface area (Å²) in [5.74, 6) is -0.486. The summed E-state index contributed by atoms with van der Waals surface area (Å²) in [5, 5.41) is 6.82. The predicted molar refractivity (Wildman–Crippen MR) is 107 cm³/mol. The minimum Gasteiger partial charge on any atom is -0.321 e. The van der Waals surface area contributed by atoms with Gasteiger partial charge in [-0.3, -0.25) is 4.79 Å². The summed E-state index contributed by atoms with van der Waals surface area (Å²) >= 11 is 0. The van der Waals surface area contributed by atoms with E-state index < -0.39 is 12.3 Å². The third kappa shape index (κ3) is 3.71. The first-order valence-corrected chi connectivity index (χ1v) is 9.05. The molecule has 0 aliphatic carbocycles. The van der Waals surface area contributed by atoms with Gasteiger partial charge in [0.25, 0.3) is 12.3 Å². The van der Waals surface area contributed by atoms with Crippen LogP contribution in [-0.4, -0.2) is 20.5 Å². The Hall–Kier alpha value is -3.61. The SMILES string of the molecule is Cc1ccc(NC(=O)c2cc3nc(-c4ccccc4)cc(C(F)F)n3n2)cc1C. The van der Waals surface area contributed by atoms with Crippen molar-refractivity contribution in [1.82, 2.24) is 14.6 Å². The van der Waals surface area contributed by atoms with Crippen LogP contribution in [-0.2, 0) is 0 Å². The molecule has 0 spiro atoms. The zero-order valence-electron chi connectivity index (χ0n) is 15.9. The van der Waals surface area contributed by atoms with Crippen molar-refractivity contribution in [3.05, 3.63) is 83.2 Å². The number of aryl methyl sites for hydroxylation is 2. The fourth-order valence-electron chi connectivity index (χ4n) is 3.04. The van der Waals surface area contributed by atoms with Gasteiger partial charge >= 0.3 is 0 Å². The van der Waals surface area contributed by atoms with Gasteiger partial charge in [0.05, 0.1) is 5.69 Å². The van der Waals surface area contributed by atoms with Crippen LogP contribution in [0.2, 0.25) is 0 Å². The molecule has 0 radical (unpaired) electrons. The van der Waals surface area contributed by atoms with Crippen LogP contribution >= 0.6 is 0 Å². The number of alkyl halides is 2. The summed E-state index contributed by atoms with van der Waals surface area (Å²) in [6.07, 6.45) is -2.77. The van der Waals surface area contributed by atoms with Gasteiger partial charge in [0, 0.05) is 17.3 Å². The van der Waals surface area contributed by atoms with Gasteiger partial charge in [0.2, 0.25) is 0 Å². The molecular formula is C22H18F2N4O. The average molecular weight is 392 g/mol. The van der Waals surface area contributed by atoms with Gasteiger partial charge in [-0.2, -0.15) is 5.10 Å². The Bertz CT molecular complexity index is 1200. The molecule has 0 unspecified atom stereocenters. The van der Waals surface area contributed by atoms with Crippen molar-refractivity contribution < 1.29 is 13.6 Å². The monoisotopic (exact) mass is 392 g/mol. The normalized spacial score (nSPS) is 11.2. The molecule has 2 aromatic heterocycles. The van der Waals surface area contributed by atoms with Crippen LogP contribution in [0.3, 0.4) is 0 Å². The lowest BCUT2D eigenvalue weighted by molar-refractivity contribution is 0.102. The molecule has 0 aliphatic rings. The fourth-order valence-corrected chi connectivity index (χ4v) is 3.04. The Morgan fingerprint density at radius 2 is 1.76 bits per heavy atom. The molecule has 5 nitrogen and oxygen atoms in total. The standard InChI is InChI=1S/C22H18F2N4O/c1-13-8-9-16(10-14(13)2)25-22(29)18-12-20-26-17(15-6-4-3-5-7-15)11-19(21(23)24)28(20)27-18/h3-12,21H,1-2H3,(H,25,29). The molecule has 29 heavy (non-hydrogen) atoms. The van der Waals surface area contributed by atoms with Crippen molar-refractivity contribution in [3.8, 4) is 11.3 Å². The van der Waals surface area contributed by atoms with Gasteiger partial charge < -0.3 is 5.32 Å². The molecule has 2 aromatic carbocycles. The number of rotatable bonds is 4. The summed E-state index contributed by atoms with van der Waals surface area (Å²) in [5.41, 5.74) is 3.74. The second kappa shape index (κ2) is 7.43. The molecule has 2 heterocycles. The number of hydrogen-bond acceptors (Lipinski definition) is 3. The molecule has 0 aliphatic heterocycles. The zero-order chi connectivity index (χ0) is 20.5. The molecule has 1 N–H and O–H groups in total. The van der Waals surface area contributed by atoms with Gasteiger partial charge in [-0.05, 0) is 43.2 Å². The lowest BCUT2D eigenvalue weighted by atomic mass is 10.1. The highest BCUT2D eigenvalue weighted by Crippen LogP contribution is 2.26. The molecule has 0 saturated heterocycles. The van der Waals surface area contributed by atoms with E-state index in [0.29, 0.717) is 16.9 Å². The van der Waals surface area contributed by atoms with Crippen LogP contribution in [0.15, 0.2) is 60.7 Å². The largest absolute Gasteiger partial charge is 0.321 e. The highest BCUT2D eigenvalue weighted by atomic mass is 19.3. The molecular weight excluding hydrogens is 374 g/mol. The zero-order valence-corrected chi connectivity index (χ0v) is 15.9. The number of nitrogens with zero attached hydrogens (tertiary/aromatic N) is 3. The summed E-state index contributed by atoms with van der Waals surface area (Å²) in [6.45, 7) is 3.92. The van der Waals surface area contributed by atoms with E-state index in [-0.39, 0.29) is 17.0 Å². The minimum atomic E-state index is -2.77. The summed E-state index contributed by atoms with van der Waals surface area (Å²) in [4.78, 5) is 17.0. The smallest absolute Gasteiger partial charge is 0.280 e. The first kappa shape index (κ1) is 18.7. The molecule has 0 atom stereocenters. The first-order chi connectivity index (χ1) is 13.9. The van der Waals surface area contributed by atoms with E-state index in [2.05, 4.69) is 15.4 Å². The predicted octanol–water partition coefficient (Wildman–Crippen LogP) is 5.20. The molecule has 146 valence electrons. The van der Waals surface area contributed by atoms with Crippen molar-refractivity contribution in [2.24, 2.45) is 0 Å². The number of amides is 1. The Labute approximate surface area is 166 Å². The van der Waals surface area contributed by atoms with E-state index in [4.69, 9.17) is 0 Å². The van der Waals surface area contributed by atoms with Crippen LogP contribution in [0.1, 0.15) is 33.7 Å². The van der Waals surface area contributed by atoms with E-state index in [1.807, 2.05) is 44.2 Å². The van der Waals surface area contributed by atoms with E-state index in [1.165, 1.54) is 12.1 Å². The number of fused-ring (bicyclic) bond motifs is 1. The number of carbonyl (C=O) groups excluding carboxylic acids is 1. The van der Waals surface area contributed by atoms with Crippen LogP contribution in [0.25, 0.3) is 16.9 Å². The summed E-state index contributed by atoms with van der Waals surface area (Å²) < 4.78 is 28.3.